The van der Waals surface area contributed by atoms with Crippen LogP contribution in [0, 0.1) is 6.92 Å². The van der Waals surface area contributed by atoms with Crippen LogP contribution in [0.2, 0.25) is 0 Å². The molecule has 1 amide bonds. The first kappa shape index (κ1) is 19.4. The number of nitrogens with zero attached hydrogens (tertiary/aromatic N) is 2. The van der Waals surface area contributed by atoms with Gasteiger partial charge in [-0.2, -0.15) is 0 Å². The summed E-state index contributed by atoms with van der Waals surface area (Å²) in [4.78, 5) is 35.6. The molecule has 2 aromatic heterocycles. The SMILES string of the molecule is CCOC(=O)c1ccc(NC(=O)CSc2nc3ncc(Br)c(C)c3[nH]2)cc1. The maximum Gasteiger partial charge on any atom is 0.338 e. The van der Waals surface area contributed by atoms with Crippen molar-refractivity contribution in [2.45, 2.75) is 19.0 Å². The molecule has 7 nitrogen and oxygen atoms in total. The van der Waals surface area contributed by atoms with Crippen LogP contribution in [0.4, 0.5) is 5.69 Å². The maximum atomic E-state index is 12.2. The van der Waals surface area contributed by atoms with E-state index in [-0.39, 0.29) is 17.6 Å². The van der Waals surface area contributed by atoms with Crippen LogP contribution < -0.4 is 5.32 Å². The Morgan fingerprint density at radius 1 is 1.30 bits per heavy atom. The number of aromatic amines is 1. The fourth-order valence-electron chi connectivity index (χ4n) is 2.34. The van der Waals surface area contributed by atoms with Crippen LogP contribution in [-0.4, -0.2) is 39.2 Å². The van der Waals surface area contributed by atoms with E-state index in [2.05, 4.69) is 36.2 Å². The summed E-state index contributed by atoms with van der Waals surface area (Å²) in [6.07, 6.45) is 1.71. The Morgan fingerprint density at radius 3 is 2.74 bits per heavy atom. The Hall–Kier alpha value is -2.39. The van der Waals surface area contributed by atoms with Crippen LogP contribution in [0.3, 0.4) is 0 Å². The quantitative estimate of drug-likeness (QED) is 0.437. The average Bonchev–Trinajstić information content (AvgIpc) is 3.08. The number of pyridine rings is 1. The van der Waals surface area contributed by atoms with Crippen molar-refractivity contribution in [2.24, 2.45) is 0 Å². The second kappa shape index (κ2) is 8.53. The highest BCUT2D eigenvalue weighted by Crippen LogP contribution is 2.25. The third-order valence-corrected chi connectivity index (χ3v) is 5.39. The first-order valence-corrected chi connectivity index (χ1v) is 9.96. The minimum Gasteiger partial charge on any atom is -0.462 e. The summed E-state index contributed by atoms with van der Waals surface area (Å²) in [5.74, 6) is -0.360. The van der Waals surface area contributed by atoms with E-state index in [4.69, 9.17) is 4.74 Å². The van der Waals surface area contributed by atoms with Crippen molar-refractivity contribution < 1.29 is 14.3 Å². The third-order valence-electron chi connectivity index (χ3n) is 3.72. The number of ether oxygens (including phenoxy) is 1. The molecule has 140 valence electrons. The number of halogens is 1. The van der Waals surface area contributed by atoms with Crippen molar-refractivity contribution in [2.75, 3.05) is 17.7 Å². The highest BCUT2D eigenvalue weighted by molar-refractivity contribution is 9.10. The van der Waals surface area contributed by atoms with Gasteiger partial charge >= 0.3 is 5.97 Å². The molecule has 27 heavy (non-hydrogen) atoms. The first-order valence-electron chi connectivity index (χ1n) is 8.18. The number of aromatic nitrogens is 3. The van der Waals surface area contributed by atoms with Gasteiger partial charge in [0.1, 0.15) is 0 Å². The van der Waals surface area contributed by atoms with Gasteiger partial charge in [-0.1, -0.05) is 11.8 Å². The lowest BCUT2D eigenvalue weighted by Crippen LogP contribution is -2.14. The zero-order valence-corrected chi connectivity index (χ0v) is 17.1. The molecule has 0 unspecified atom stereocenters. The summed E-state index contributed by atoms with van der Waals surface area (Å²) in [6.45, 7) is 4.04. The topological polar surface area (TPSA) is 97.0 Å². The molecule has 0 radical (unpaired) electrons. The van der Waals surface area contributed by atoms with E-state index in [1.807, 2.05) is 6.92 Å². The lowest BCUT2D eigenvalue weighted by atomic mass is 10.2. The number of thioether (sulfide) groups is 1. The van der Waals surface area contributed by atoms with Crippen LogP contribution in [0.5, 0.6) is 0 Å². The molecular formula is C18H17BrN4O3S. The van der Waals surface area contributed by atoms with Gasteiger partial charge in [0.25, 0.3) is 0 Å². The standard InChI is InChI=1S/C18H17BrN4O3S/c1-3-26-17(25)11-4-6-12(7-5-11)21-14(24)9-27-18-22-15-10(2)13(19)8-20-16(15)23-18/h4-8H,3,9H2,1-2H3,(H,21,24)(H,20,22,23). The Labute approximate surface area is 168 Å². The molecule has 0 saturated carbocycles. The zero-order valence-electron chi connectivity index (χ0n) is 14.7. The van der Waals surface area contributed by atoms with Gasteiger partial charge in [-0.3, -0.25) is 4.79 Å². The number of fused-ring (bicyclic) bond motifs is 1. The van der Waals surface area contributed by atoms with E-state index in [0.29, 0.717) is 28.7 Å². The Kier molecular flexibility index (Phi) is 6.12. The number of amides is 1. The molecule has 0 aliphatic heterocycles. The Bertz CT molecular complexity index is 988. The number of aryl methyl sites for hydroxylation is 1. The lowest BCUT2D eigenvalue weighted by molar-refractivity contribution is -0.113. The number of hydrogen-bond acceptors (Lipinski definition) is 6. The van der Waals surface area contributed by atoms with Gasteiger partial charge in [-0.05, 0) is 59.6 Å². The zero-order chi connectivity index (χ0) is 19.4. The van der Waals surface area contributed by atoms with Gasteiger partial charge in [0, 0.05) is 16.4 Å². The fraction of sp³-hybridized carbons (Fsp3) is 0.222. The Balaban J connectivity index is 1.58. The molecule has 2 N–H and O–H groups in total. The molecule has 0 aliphatic rings. The van der Waals surface area contributed by atoms with Crippen molar-refractivity contribution in [3.8, 4) is 0 Å². The first-order chi connectivity index (χ1) is 13.0. The number of imidazole rings is 1. The molecule has 0 atom stereocenters. The summed E-state index contributed by atoms with van der Waals surface area (Å²) in [5.41, 5.74) is 3.54. The molecule has 1 aromatic carbocycles. The number of rotatable bonds is 6. The van der Waals surface area contributed by atoms with E-state index in [1.54, 1.807) is 37.4 Å². The molecule has 2 heterocycles. The largest absolute Gasteiger partial charge is 0.462 e. The maximum absolute atomic E-state index is 12.2. The summed E-state index contributed by atoms with van der Waals surface area (Å²) in [7, 11) is 0. The lowest BCUT2D eigenvalue weighted by Gasteiger charge is -2.06. The molecule has 9 heteroatoms. The van der Waals surface area contributed by atoms with Gasteiger partial charge in [-0.15, -0.1) is 0 Å². The van der Waals surface area contributed by atoms with Gasteiger partial charge in [0.05, 0.1) is 23.4 Å². The fourth-order valence-corrected chi connectivity index (χ4v) is 3.30. The second-order valence-corrected chi connectivity index (χ2v) is 7.42. The molecule has 0 spiro atoms. The summed E-state index contributed by atoms with van der Waals surface area (Å²) < 4.78 is 5.83. The van der Waals surface area contributed by atoms with Crippen LogP contribution in [0.1, 0.15) is 22.8 Å². The predicted octanol–water partition coefficient (Wildman–Crippen LogP) is 3.94. The average molecular weight is 449 g/mol. The molecule has 0 saturated heterocycles. The third kappa shape index (κ3) is 4.67. The van der Waals surface area contributed by atoms with E-state index in [1.165, 1.54) is 11.8 Å². The van der Waals surface area contributed by atoms with Gasteiger partial charge in [0.2, 0.25) is 5.91 Å². The minimum absolute atomic E-state index is 0.171. The number of benzene rings is 1. The molecule has 3 rings (SSSR count). The number of nitrogens with one attached hydrogen (secondary N) is 2. The number of carbonyl (C=O) groups is 2. The molecule has 0 fully saturated rings. The molecule has 0 bridgehead atoms. The van der Waals surface area contributed by atoms with E-state index >= 15 is 0 Å². The summed E-state index contributed by atoms with van der Waals surface area (Å²) in [5, 5.41) is 3.42. The molecule has 3 aromatic rings. The Morgan fingerprint density at radius 2 is 2.04 bits per heavy atom. The summed E-state index contributed by atoms with van der Waals surface area (Å²) in [6, 6.07) is 6.57. The number of esters is 1. The van der Waals surface area contributed by atoms with Crippen LogP contribution in [0.25, 0.3) is 11.2 Å². The van der Waals surface area contributed by atoms with E-state index < -0.39 is 0 Å². The van der Waals surface area contributed by atoms with Crippen LogP contribution >= 0.6 is 27.7 Å². The van der Waals surface area contributed by atoms with Gasteiger partial charge in [-0.25, -0.2) is 14.8 Å². The highest BCUT2D eigenvalue weighted by atomic mass is 79.9. The van der Waals surface area contributed by atoms with Crippen LogP contribution in [0.15, 0.2) is 40.1 Å². The van der Waals surface area contributed by atoms with Crippen molar-refractivity contribution in [1.82, 2.24) is 15.0 Å². The summed E-state index contributed by atoms with van der Waals surface area (Å²) >= 11 is 4.73. The van der Waals surface area contributed by atoms with E-state index in [0.717, 1.165) is 15.6 Å². The number of carbonyl (C=O) groups excluding carboxylic acids is 2. The minimum atomic E-state index is -0.383. The van der Waals surface area contributed by atoms with Crippen molar-refractivity contribution in [3.05, 3.63) is 46.1 Å². The number of anilines is 1. The normalized spacial score (nSPS) is 10.8. The smallest absolute Gasteiger partial charge is 0.338 e. The molecule has 0 aliphatic carbocycles. The second-order valence-electron chi connectivity index (χ2n) is 5.61. The number of H-pyrrole nitrogens is 1. The molecular weight excluding hydrogens is 432 g/mol. The van der Waals surface area contributed by atoms with Gasteiger partial charge in [0.15, 0.2) is 10.8 Å². The van der Waals surface area contributed by atoms with Gasteiger partial charge < -0.3 is 15.0 Å². The van der Waals surface area contributed by atoms with Crippen LogP contribution in [-0.2, 0) is 9.53 Å². The highest BCUT2D eigenvalue weighted by Gasteiger charge is 2.11. The van der Waals surface area contributed by atoms with Crippen molar-refractivity contribution in [3.63, 3.8) is 0 Å². The monoisotopic (exact) mass is 448 g/mol. The van der Waals surface area contributed by atoms with Crippen molar-refractivity contribution in [1.29, 1.82) is 0 Å². The number of hydrogen-bond donors (Lipinski definition) is 2. The van der Waals surface area contributed by atoms with E-state index in [9.17, 15) is 9.59 Å². The van der Waals surface area contributed by atoms with Crippen molar-refractivity contribution >= 4 is 56.4 Å². The predicted molar refractivity (Wildman–Crippen MR) is 108 cm³/mol.